The van der Waals surface area contributed by atoms with E-state index in [0.717, 1.165) is 118 Å². The van der Waals surface area contributed by atoms with Crippen LogP contribution in [0.1, 0.15) is 71.9 Å². The summed E-state index contributed by atoms with van der Waals surface area (Å²) in [4.78, 5) is 9.30. The molecule has 0 unspecified atom stereocenters. The quantitative estimate of drug-likeness (QED) is 0.0455. The Morgan fingerprint density at radius 3 is 1.58 bits per heavy atom. The molecule has 3 heterocycles. The Hall–Kier alpha value is -6.06. The minimum absolute atomic E-state index is 0. The third-order valence-electron chi connectivity index (χ3n) is 12.0. The van der Waals surface area contributed by atoms with Gasteiger partial charge in [-0.05, 0) is 119 Å². The first-order chi connectivity index (χ1) is 33.8. The van der Waals surface area contributed by atoms with Gasteiger partial charge in [0.25, 0.3) is 0 Å². The van der Waals surface area contributed by atoms with Crippen LogP contribution in [0, 0.1) is 0 Å². The second kappa shape index (κ2) is 32.0. The maximum absolute atomic E-state index is 5.91. The van der Waals surface area contributed by atoms with Crippen LogP contribution in [0.3, 0.4) is 0 Å². The number of benzene rings is 4. The summed E-state index contributed by atoms with van der Waals surface area (Å²) in [7, 11) is 8.11. The van der Waals surface area contributed by atoms with Gasteiger partial charge in [0.15, 0.2) is 0 Å². The summed E-state index contributed by atoms with van der Waals surface area (Å²) in [6.07, 6.45) is 9.64. The Labute approximate surface area is 425 Å². The summed E-state index contributed by atoms with van der Waals surface area (Å²) in [6, 6.07) is 32.3. The van der Waals surface area contributed by atoms with Gasteiger partial charge in [-0.2, -0.15) is 10.2 Å². The highest BCUT2D eigenvalue weighted by atomic mass is 16.5. The van der Waals surface area contributed by atoms with Gasteiger partial charge in [0, 0.05) is 80.3 Å². The molecule has 1 aliphatic heterocycles. The van der Waals surface area contributed by atoms with Crippen LogP contribution in [0.4, 0.5) is 5.69 Å². The van der Waals surface area contributed by atoms with Crippen LogP contribution in [0.5, 0.6) is 28.7 Å². The lowest BCUT2D eigenvalue weighted by Gasteiger charge is -2.26. The van der Waals surface area contributed by atoms with E-state index in [-0.39, 0.29) is 14.9 Å². The predicted molar refractivity (Wildman–Crippen MR) is 291 cm³/mol. The molecule has 1 fully saturated rings. The minimum atomic E-state index is 0. The molecule has 0 aliphatic carbocycles. The van der Waals surface area contributed by atoms with Gasteiger partial charge >= 0.3 is 0 Å². The van der Waals surface area contributed by atoms with Crippen molar-refractivity contribution < 1.29 is 28.4 Å². The van der Waals surface area contributed by atoms with E-state index in [1.807, 2.05) is 73.1 Å². The number of unbranched alkanes of at least 4 members (excludes halogenated alkanes) is 2. The van der Waals surface area contributed by atoms with Crippen molar-refractivity contribution in [3.05, 3.63) is 121 Å². The molecule has 1 saturated heterocycles. The molecule has 0 atom stereocenters. The number of hydrogen-bond donors (Lipinski definition) is 2. The normalized spacial score (nSPS) is 12.3. The molecule has 4 aromatic carbocycles. The summed E-state index contributed by atoms with van der Waals surface area (Å²) in [5.41, 5.74) is 8.07. The number of hydrogen-bond acceptors (Lipinski definition) is 12. The smallest absolute Gasteiger partial charge is 0.123 e. The van der Waals surface area contributed by atoms with Crippen molar-refractivity contribution in [2.24, 2.45) is 0 Å². The second-order valence-electron chi connectivity index (χ2n) is 17.6. The van der Waals surface area contributed by atoms with Crippen LogP contribution in [0.25, 0.3) is 22.5 Å². The third-order valence-corrected chi connectivity index (χ3v) is 12.0. The topological polar surface area (TPSA) is 126 Å². The Morgan fingerprint density at radius 2 is 1.04 bits per heavy atom. The number of anilines is 1. The van der Waals surface area contributed by atoms with Gasteiger partial charge in [0.1, 0.15) is 48.6 Å². The lowest BCUT2D eigenvalue weighted by Crippen LogP contribution is -2.38. The van der Waals surface area contributed by atoms with Crippen LogP contribution >= 0.6 is 0 Å². The van der Waals surface area contributed by atoms with E-state index in [0.29, 0.717) is 26.4 Å². The zero-order chi connectivity index (χ0) is 48.5. The van der Waals surface area contributed by atoms with Crippen LogP contribution in [-0.4, -0.2) is 142 Å². The summed E-state index contributed by atoms with van der Waals surface area (Å²) in [5.74, 6) is 4.11. The summed E-state index contributed by atoms with van der Waals surface area (Å²) < 4.78 is 34.1. The zero-order valence-electron chi connectivity index (χ0n) is 42.0. The molecule has 0 bridgehead atoms. The molecule has 14 heteroatoms. The Bertz CT molecular complexity index is 2300. The molecule has 388 valence electrons. The average Bonchev–Trinajstić information content (AvgIpc) is 4.06. The first kappa shape index (κ1) is 57.5. The first-order valence-electron chi connectivity index (χ1n) is 24.7. The predicted octanol–water partition coefficient (Wildman–Crippen LogP) is 11.0. The molecule has 14 nitrogen and oxygen atoms in total. The maximum atomic E-state index is 5.91. The first-order valence-corrected chi connectivity index (χ1v) is 24.7. The van der Waals surface area contributed by atoms with Crippen molar-refractivity contribution in [3.8, 4) is 51.3 Å². The van der Waals surface area contributed by atoms with Crippen LogP contribution in [0.15, 0.2) is 109 Å². The third kappa shape index (κ3) is 19.6. The highest BCUT2D eigenvalue weighted by molar-refractivity contribution is 5.66. The van der Waals surface area contributed by atoms with Gasteiger partial charge in [0.05, 0.1) is 50.7 Å². The molecule has 7 rings (SSSR count). The van der Waals surface area contributed by atoms with E-state index in [2.05, 4.69) is 111 Å². The summed E-state index contributed by atoms with van der Waals surface area (Å²) >= 11 is 0. The molecule has 0 amide bonds. The van der Waals surface area contributed by atoms with Crippen LogP contribution in [0.2, 0.25) is 0 Å². The number of morpholine rings is 1. The molecule has 2 N–H and O–H groups in total. The second-order valence-corrected chi connectivity index (χ2v) is 17.6. The van der Waals surface area contributed by atoms with Gasteiger partial charge < -0.3 is 43.1 Å². The molecule has 0 saturated carbocycles. The van der Waals surface area contributed by atoms with E-state index in [4.69, 9.17) is 28.4 Å². The van der Waals surface area contributed by atoms with Crippen LogP contribution < -0.4 is 28.6 Å². The SMILES string of the molecule is C.C.CCCCN(C)Cc1cn[nH]c1-c1ccc(N(C)CCCOc2ccc(OC)cc2)cc1.CCCCN(C)Cc1cn[nH]c1-c1ccc(OCCOc2cccc(OCCN3CCOCC3)c2)cc1. The van der Waals surface area contributed by atoms with Crippen molar-refractivity contribution >= 4 is 5.69 Å². The highest BCUT2D eigenvalue weighted by Crippen LogP contribution is 2.27. The van der Waals surface area contributed by atoms with Gasteiger partial charge in [-0.25, -0.2) is 0 Å². The van der Waals surface area contributed by atoms with Crippen molar-refractivity contribution in [2.45, 2.75) is 73.9 Å². The number of nitrogens with one attached hydrogen (secondary N) is 2. The van der Waals surface area contributed by atoms with Crippen molar-refractivity contribution in [1.82, 2.24) is 35.1 Å². The lowest BCUT2D eigenvalue weighted by atomic mass is 10.1. The van der Waals surface area contributed by atoms with Gasteiger partial charge in [-0.1, -0.05) is 59.7 Å². The van der Waals surface area contributed by atoms with E-state index in [1.165, 1.54) is 48.1 Å². The molecule has 0 spiro atoms. The monoisotopic (exact) mass is 977 g/mol. The van der Waals surface area contributed by atoms with Crippen molar-refractivity contribution in [1.29, 1.82) is 0 Å². The Morgan fingerprint density at radius 1 is 0.563 bits per heavy atom. The van der Waals surface area contributed by atoms with Crippen molar-refractivity contribution in [2.75, 3.05) is 112 Å². The summed E-state index contributed by atoms with van der Waals surface area (Å²) in [6.45, 7) is 16.0. The number of H-pyrrole nitrogens is 2. The number of ether oxygens (including phenoxy) is 6. The standard InChI is InChI=1S/C29H40N4O4.C26H36N4O2.2CH4/c1-3-4-12-32(2)23-25-22-30-31-29(25)24-8-10-26(11-9-24)36-19-20-37-28-7-5-6-27(21-28)35-18-15-33-13-16-34-17-14-33;1-5-6-16-29(2)20-22-19-27-28-26(22)21-8-10-23(11-9-21)30(3)17-7-18-32-25-14-12-24(31-4)13-15-25;;/h5-11,21-22H,3-4,12-20,23H2,1-2H3,(H,30,31);8-15,19H,5-7,16-18,20H2,1-4H3,(H,27,28);2*1H4. The number of methoxy groups -OCH3 is 1. The lowest BCUT2D eigenvalue weighted by molar-refractivity contribution is 0.0322. The van der Waals surface area contributed by atoms with E-state index in [9.17, 15) is 0 Å². The number of aromatic amines is 2. The molecule has 2 aromatic heterocycles. The maximum Gasteiger partial charge on any atom is 0.123 e. The zero-order valence-corrected chi connectivity index (χ0v) is 42.0. The number of aromatic nitrogens is 4. The molecular weight excluding hydrogens is 893 g/mol. The van der Waals surface area contributed by atoms with Gasteiger partial charge in [0.2, 0.25) is 0 Å². The van der Waals surface area contributed by atoms with Gasteiger partial charge in [-0.15, -0.1) is 0 Å². The van der Waals surface area contributed by atoms with E-state index in [1.54, 1.807) is 7.11 Å². The summed E-state index contributed by atoms with van der Waals surface area (Å²) in [5, 5.41) is 14.9. The fourth-order valence-electron chi connectivity index (χ4n) is 7.94. The number of rotatable bonds is 28. The molecule has 71 heavy (non-hydrogen) atoms. The highest BCUT2D eigenvalue weighted by Gasteiger charge is 2.14. The molecule has 0 radical (unpaired) electrons. The fraction of sp³-hybridized carbons (Fsp3) is 0.474. The van der Waals surface area contributed by atoms with Gasteiger partial charge in [-0.3, -0.25) is 15.1 Å². The largest absolute Gasteiger partial charge is 0.497 e. The van der Waals surface area contributed by atoms with E-state index < -0.39 is 0 Å². The minimum Gasteiger partial charge on any atom is -0.497 e. The molecular formula is C57H84N8O6. The van der Waals surface area contributed by atoms with Crippen LogP contribution in [-0.2, 0) is 17.8 Å². The Balaban J connectivity index is 0.000000303. The van der Waals surface area contributed by atoms with E-state index >= 15 is 0 Å². The molecule has 1 aliphatic rings. The molecule has 6 aromatic rings. The average molecular weight is 977 g/mol. The number of nitrogens with zero attached hydrogens (tertiary/aromatic N) is 6. The van der Waals surface area contributed by atoms with Crippen molar-refractivity contribution in [3.63, 3.8) is 0 Å². The fourth-order valence-corrected chi connectivity index (χ4v) is 7.94. The Kier molecular flexibility index (Phi) is 25.9.